The largest absolute Gasteiger partial charge is 0.347 e. The zero-order chi connectivity index (χ0) is 18.7. The Kier molecular flexibility index (Phi) is 5.14. The molecule has 0 aliphatic heterocycles. The van der Waals surface area contributed by atoms with Gasteiger partial charge in [-0.2, -0.15) is 5.10 Å². The quantitative estimate of drug-likeness (QED) is 0.563. The van der Waals surface area contributed by atoms with Crippen molar-refractivity contribution in [3.63, 3.8) is 0 Å². The van der Waals surface area contributed by atoms with Crippen LogP contribution in [0.15, 0.2) is 58.6 Å². The van der Waals surface area contributed by atoms with Gasteiger partial charge in [-0.1, -0.05) is 29.8 Å². The van der Waals surface area contributed by atoms with E-state index < -0.39 is 17.2 Å². The first kappa shape index (κ1) is 17.8. The van der Waals surface area contributed by atoms with Crippen molar-refractivity contribution in [3.8, 4) is 0 Å². The van der Waals surface area contributed by atoms with E-state index in [4.69, 9.17) is 11.6 Å². The van der Waals surface area contributed by atoms with Crippen LogP contribution >= 0.6 is 11.6 Å². The average molecular weight is 372 g/mol. The molecule has 0 unspecified atom stereocenters. The maximum Gasteiger partial charge on any atom is 0.276 e. The summed E-state index contributed by atoms with van der Waals surface area (Å²) in [7, 11) is 0. The topological polar surface area (TPSA) is 63.5 Å². The lowest BCUT2D eigenvalue weighted by Crippen LogP contribution is -2.27. The first-order chi connectivity index (χ1) is 12.5. The Morgan fingerprint density at radius 1 is 1.31 bits per heavy atom. The maximum atomic E-state index is 13.5. The second-order valence-electron chi connectivity index (χ2n) is 5.54. The summed E-state index contributed by atoms with van der Waals surface area (Å²) in [5, 5.41) is 4.48. The summed E-state index contributed by atoms with van der Waals surface area (Å²) >= 11 is 6.01. The number of amides is 1. The molecule has 0 fully saturated rings. The smallest absolute Gasteiger partial charge is 0.276 e. The highest BCUT2D eigenvalue weighted by atomic mass is 35.5. The minimum Gasteiger partial charge on any atom is -0.347 e. The molecule has 132 valence electrons. The Morgan fingerprint density at radius 2 is 2.08 bits per heavy atom. The fraction of sp³-hybridized carbons (Fsp3) is 0.105. The number of carbonyl (C=O) groups is 1. The van der Waals surface area contributed by atoms with Crippen molar-refractivity contribution >= 4 is 34.6 Å². The van der Waals surface area contributed by atoms with Crippen LogP contribution in [0, 0.1) is 5.82 Å². The van der Waals surface area contributed by atoms with Gasteiger partial charge in [0.2, 0.25) is 5.43 Å². The monoisotopic (exact) mass is 371 g/mol. The van der Waals surface area contributed by atoms with Crippen LogP contribution in [-0.2, 0) is 6.54 Å². The summed E-state index contributed by atoms with van der Waals surface area (Å²) < 4.78 is 15.2. The Hall–Kier alpha value is -2.99. The lowest BCUT2D eigenvalue weighted by molar-refractivity contribution is 0.0953. The van der Waals surface area contributed by atoms with Gasteiger partial charge in [0.25, 0.3) is 5.91 Å². The van der Waals surface area contributed by atoms with E-state index in [1.54, 1.807) is 28.8 Å². The zero-order valence-electron chi connectivity index (χ0n) is 13.9. The Balaban J connectivity index is 1.94. The van der Waals surface area contributed by atoms with Crippen LogP contribution < -0.4 is 10.9 Å². The van der Waals surface area contributed by atoms with Crippen molar-refractivity contribution in [1.29, 1.82) is 0 Å². The van der Waals surface area contributed by atoms with Gasteiger partial charge in [-0.3, -0.25) is 9.59 Å². The maximum absolute atomic E-state index is 13.5. The average Bonchev–Trinajstić information content (AvgIpc) is 2.64. The molecule has 0 aliphatic rings. The second kappa shape index (κ2) is 7.49. The molecule has 0 atom stereocenters. The Morgan fingerprint density at radius 3 is 2.81 bits per heavy atom. The number of hydrogen-bond donors (Lipinski definition) is 1. The van der Waals surface area contributed by atoms with Crippen LogP contribution in [0.5, 0.6) is 0 Å². The van der Waals surface area contributed by atoms with Gasteiger partial charge in [-0.25, -0.2) is 9.82 Å². The third kappa shape index (κ3) is 3.50. The number of carbonyl (C=O) groups excluding carboxylic acids is 1. The van der Waals surface area contributed by atoms with Gasteiger partial charge >= 0.3 is 0 Å². The molecule has 7 heteroatoms. The third-order valence-electron chi connectivity index (χ3n) is 3.90. The number of fused-ring (bicyclic) bond motifs is 1. The molecule has 0 saturated carbocycles. The van der Waals surface area contributed by atoms with E-state index in [2.05, 4.69) is 10.5 Å². The van der Waals surface area contributed by atoms with Crippen LogP contribution in [0.2, 0.25) is 5.02 Å². The summed E-state index contributed by atoms with van der Waals surface area (Å²) in [5.74, 6) is -1.21. The third-order valence-corrected chi connectivity index (χ3v) is 4.25. The van der Waals surface area contributed by atoms with Crippen LogP contribution in [0.25, 0.3) is 10.9 Å². The summed E-state index contributed by atoms with van der Waals surface area (Å²) in [6.45, 7) is 2.39. The highest BCUT2D eigenvalue weighted by Gasteiger charge is 2.15. The number of nitrogens with one attached hydrogen (secondary N) is 1. The van der Waals surface area contributed by atoms with Crippen LogP contribution in [-0.4, -0.2) is 16.7 Å². The van der Waals surface area contributed by atoms with E-state index >= 15 is 0 Å². The summed E-state index contributed by atoms with van der Waals surface area (Å²) in [5.41, 5.74) is 2.85. The number of aromatic nitrogens is 1. The molecule has 0 bridgehead atoms. The summed E-state index contributed by atoms with van der Waals surface area (Å²) in [4.78, 5) is 24.9. The van der Waals surface area contributed by atoms with E-state index in [1.807, 2.05) is 6.92 Å². The molecule has 0 radical (unpaired) electrons. The number of nitrogens with zero attached hydrogens (tertiary/aromatic N) is 2. The number of halogens is 2. The molecule has 1 aromatic heterocycles. The SMILES string of the molecule is CCn1cc(C(=O)N/N=C\c2ccccc2Cl)c(=O)c2cc(F)ccc21. The summed E-state index contributed by atoms with van der Waals surface area (Å²) in [6.07, 6.45) is 2.84. The van der Waals surface area contributed by atoms with Crippen LogP contribution in [0.4, 0.5) is 4.39 Å². The van der Waals surface area contributed by atoms with E-state index in [0.29, 0.717) is 22.6 Å². The van der Waals surface area contributed by atoms with E-state index in [1.165, 1.54) is 24.5 Å². The Labute approximate surface area is 153 Å². The number of aryl methyl sites for hydroxylation is 1. The number of rotatable bonds is 4. The zero-order valence-corrected chi connectivity index (χ0v) is 14.6. The highest BCUT2D eigenvalue weighted by Crippen LogP contribution is 2.14. The fourth-order valence-corrected chi connectivity index (χ4v) is 2.78. The number of pyridine rings is 1. The van der Waals surface area contributed by atoms with Crippen molar-refractivity contribution in [2.45, 2.75) is 13.5 Å². The number of hydrazone groups is 1. The van der Waals surface area contributed by atoms with Crippen molar-refractivity contribution in [2.24, 2.45) is 5.10 Å². The molecule has 1 heterocycles. The van der Waals surface area contributed by atoms with Gasteiger partial charge in [0, 0.05) is 28.7 Å². The highest BCUT2D eigenvalue weighted by molar-refractivity contribution is 6.33. The predicted molar refractivity (Wildman–Crippen MR) is 100 cm³/mol. The molecule has 5 nitrogen and oxygen atoms in total. The van der Waals surface area contributed by atoms with Crippen molar-refractivity contribution in [2.75, 3.05) is 0 Å². The molecule has 0 aliphatic carbocycles. The van der Waals surface area contributed by atoms with Crippen molar-refractivity contribution < 1.29 is 9.18 Å². The lowest BCUT2D eigenvalue weighted by Gasteiger charge is -2.10. The normalized spacial score (nSPS) is 11.2. The minimum atomic E-state index is -0.674. The van der Waals surface area contributed by atoms with Gasteiger partial charge in [-0.05, 0) is 31.2 Å². The van der Waals surface area contributed by atoms with Crippen LogP contribution in [0.1, 0.15) is 22.8 Å². The van der Waals surface area contributed by atoms with Gasteiger partial charge in [0.15, 0.2) is 0 Å². The van der Waals surface area contributed by atoms with E-state index in [9.17, 15) is 14.0 Å². The molecule has 3 aromatic rings. The van der Waals surface area contributed by atoms with Gasteiger partial charge in [0.1, 0.15) is 11.4 Å². The molecule has 1 N–H and O–H groups in total. The van der Waals surface area contributed by atoms with Crippen molar-refractivity contribution in [3.05, 3.63) is 80.9 Å². The Bertz CT molecular complexity index is 1080. The predicted octanol–water partition coefficient (Wildman–Crippen LogP) is 3.58. The molecule has 2 aromatic carbocycles. The van der Waals surface area contributed by atoms with E-state index in [-0.39, 0.29) is 10.9 Å². The van der Waals surface area contributed by atoms with Crippen LogP contribution in [0.3, 0.4) is 0 Å². The molecule has 26 heavy (non-hydrogen) atoms. The fourth-order valence-electron chi connectivity index (χ4n) is 2.59. The summed E-state index contributed by atoms with van der Waals surface area (Å²) in [6, 6.07) is 10.9. The number of hydrogen-bond acceptors (Lipinski definition) is 3. The number of benzene rings is 2. The van der Waals surface area contributed by atoms with E-state index in [0.717, 1.165) is 6.07 Å². The first-order valence-corrected chi connectivity index (χ1v) is 8.29. The molecule has 0 spiro atoms. The second-order valence-corrected chi connectivity index (χ2v) is 5.95. The molecular formula is C19H15ClFN3O2. The van der Waals surface area contributed by atoms with Gasteiger partial charge in [-0.15, -0.1) is 0 Å². The van der Waals surface area contributed by atoms with Crippen molar-refractivity contribution in [1.82, 2.24) is 9.99 Å². The van der Waals surface area contributed by atoms with Gasteiger partial charge < -0.3 is 4.57 Å². The molecular weight excluding hydrogens is 357 g/mol. The standard InChI is InChI=1S/C19H15ClFN3O2/c1-2-24-11-15(18(25)14-9-13(21)7-8-17(14)24)19(26)23-22-10-12-5-3-4-6-16(12)20/h3-11H,2H2,1H3,(H,23,26)/b22-10-. The lowest BCUT2D eigenvalue weighted by atomic mass is 10.1. The molecule has 3 rings (SSSR count). The minimum absolute atomic E-state index is 0.110. The van der Waals surface area contributed by atoms with Gasteiger partial charge in [0.05, 0.1) is 11.7 Å². The molecule has 1 amide bonds. The molecule has 0 saturated heterocycles. The first-order valence-electron chi connectivity index (χ1n) is 7.92.